The Bertz CT molecular complexity index is 1210. The van der Waals surface area contributed by atoms with E-state index in [2.05, 4.69) is 35.9 Å². The fourth-order valence-electron chi connectivity index (χ4n) is 5.68. The third-order valence-corrected chi connectivity index (χ3v) is 7.44. The van der Waals surface area contributed by atoms with E-state index in [-0.39, 0.29) is 12.4 Å². The lowest BCUT2D eigenvalue weighted by Gasteiger charge is -2.22. The first-order valence-electron chi connectivity index (χ1n) is 14.2. The molecule has 38 heavy (non-hydrogen) atoms. The lowest BCUT2D eigenvalue weighted by Crippen LogP contribution is -3.00. The van der Waals surface area contributed by atoms with Crippen molar-refractivity contribution in [2.45, 2.75) is 85.1 Å². The van der Waals surface area contributed by atoms with Gasteiger partial charge in [-0.15, -0.1) is 0 Å². The maximum Gasteiger partial charge on any atom is 0.216 e. The molecule has 3 aromatic rings. The van der Waals surface area contributed by atoms with Gasteiger partial charge in [0.1, 0.15) is 0 Å². The number of ether oxygens (including phenoxy) is 4. The van der Waals surface area contributed by atoms with Crippen LogP contribution in [0.15, 0.2) is 30.5 Å². The third kappa shape index (κ3) is 6.31. The van der Waals surface area contributed by atoms with E-state index in [4.69, 9.17) is 18.9 Å². The highest BCUT2D eigenvalue weighted by Gasteiger charge is 2.31. The van der Waals surface area contributed by atoms with E-state index in [0.29, 0.717) is 13.2 Å². The van der Waals surface area contributed by atoms with Crippen LogP contribution in [0.4, 0.5) is 0 Å². The van der Waals surface area contributed by atoms with E-state index in [9.17, 15) is 0 Å². The van der Waals surface area contributed by atoms with Crippen molar-refractivity contribution in [3.63, 3.8) is 0 Å². The number of fused-ring (bicyclic) bond motifs is 4. The largest absolute Gasteiger partial charge is 1.00 e. The first kappa shape index (κ1) is 29.9. The number of benzene rings is 2. The molecule has 0 saturated heterocycles. The third-order valence-electron chi connectivity index (χ3n) is 7.44. The van der Waals surface area contributed by atoms with E-state index in [1.54, 1.807) is 14.2 Å². The van der Waals surface area contributed by atoms with Crippen LogP contribution in [0.25, 0.3) is 22.0 Å². The average molecular weight is 542 g/mol. The van der Waals surface area contributed by atoms with Crippen LogP contribution in [0.1, 0.15) is 76.8 Å². The summed E-state index contributed by atoms with van der Waals surface area (Å²) in [6.07, 6.45) is 13.3. The Morgan fingerprint density at radius 1 is 0.763 bits per heavy atom. The normalized spacial score (nSPS) is 11.9. The molecule has 0 saturated carbocycles. The average Bonchev–Trinajstić information content (AvgIpc) is 2.91. The maximum atomic E-state index is 6.04. The zero-order valence-electron chi connectivity index (χ0n) is 23.8. The predicted octanol–water partition coefficient (Wildman–Crippen LogP) is 4.46. The van der Waals surface area contributed by atoms with Crippen LogP contribution in [-0.2, 0) is 19.4 Å². The SMILES string of the molecule is CCCCCCCCCc1c2[n+](cc3c(OC)c(OC)ccc13)CCc1cc(OCC)c(OCC)cc1-2.[Cl-]. The van der Waals surface area contributed by atoms with Crippen molar-refractivity contribution in [1.29, 1.82) is 0 Å². The number of unbranched alkanes of at least 4 members (excludes halogenated alkanes) is 6. The highest BCUT2D eigenvalue weighted by atomic mass is 35.5. The van der Waals surface area contributed by atoms with Gasteiger partial charge < -0.3 is 31.4 Å². The summed E-state index contributed by atoms with van der Waals surface area (Å²) in [5.74, 6) is 3.25. The van der Waals surface area contributed by atoms with Crippen LogP contribution in [0.5, 0.6) is 23.0 Å². The van der Waals surface area contributed by atoms with Crippen LogP contribution >= 0.6 is 0 Å². The number of nitrogens with zero attached hydrogens (tertiary/aromatic N) is 1. The van der Waals surface area contributed by atoms with Gasteiger partial charge in [0.15, 0.2) is 35.7 Å². The van der Waals surface area contributed by atoms with Crippen LogP contribution in [-0.4, -0.2) is 27.4 Å². The first-order valence-corrected chi connectivity index (χ1v) is 14.2. The smallest absolute Gasteiger partial charge is 0.216 e. The van der Waals surface area contributed by atoms with Gasteiger partial charge in [-0.3, -0.25) is 0 Å². The molecular weight excluding hydrogens is 498 g/mol. The van der Waals surface area contributed by atoms with Crippen molar-refractivity contribution in [2.75, 3.05) is 27.4 Å². The minimum absolute atomic E-state index is 0. The minimum Gasteiger partial charge on any atom is -1.00 e. The number of rotatable bonds is 14. The molecule has 5 nitrogen and oxygen atoms in total. The van der Waals surface area contributed by atoms with Crippen molar-refractivity contribution in [2.24, 2.45) is 0 Å². The summed E-state index contributed by atoms with van der Waals surface area (Å²) in [7, 11) is 3.44. The Labute approximate surface area is 234 Å². The van der Waals surface area contributed by atoms with Crippen LogP contribution < -0.4 is 35.9 Å². The second-order valence-electron chi connectivity index (χ2n) is 9.86. The first-order chi connectivity index (χ1) is 18.2. The summed E-state index contributed by atoms with van der Waals surface area (Å²) in [5, 5.41) is 2.36. The Kier molecular flexibility index (Phi) is 11.4. The topological polar surface area (TPSA) is 40.8 Å². The molecule has 1 aromatic heterocycles. The van der Waals surface area contributed by atoms with E-state index >= 15 is 0 Å². The van der Waals surface area contributed by atoms with Gasteiger partial charge in [-0.2, -0.15) is 4.57 Å². The molecule has 0 unspecified atom stereocenters. The fourth-order valence-corrected chi connectivity index (χ4v) is 5.68. The van der Waals surface area contributed by atoms with Gasteiger partial charge in [0.2, 0.25) is 5.69 Å². The number of halogens is 1. The van der Waals surface area contributed by atoms with Crippen molar-refractivity contribution < 1.29 is 35.9 Å². The molecule has 0 radical (unpaired) electrons. The molecule has 2 aromatic carbocycles. The lowest BCUT2D eigenvalue weighted by molar-refractivity contribution is -0.686. The molecule has 6 heteroatoms. The Hall–Kier alpha value is -2.66. The maximum absolute atomic E-state index is 6.04. The molecule has 0 bridgehead atoms. The lowest BCUT2D eigenvalue weighted by atomic mass is 9.89. The molecule has 2 heterocycles. The van der Waals surface area contributed by atoms with E-state index in [1.807, 2.05) is 19.9 Å². The minimum atomic E-state index is 0. The molecule has 0 amide bonds. The molecule has 0 fully saturated rings. The van der Waals surface area contributed by atoms with Gasteiger partial charge in [-0.1, -0.05) is 45.4 Å². The second kappa shape index (κ2) is 14.5. The summed E-state index contributed by atoms with van der Waals surface area (Å²) in [6.45, 7) is 8.48. The molecule has 1 aliphatic rings. The predicted molar refractivity (Wildman–Crippen MR) is 150 cm³/mol. The molecule has 1 aliphatic heterocycles. The molecule has 0 atom stereocenters. The van der Waals surface area contributed by atoms with E-state index in [0.717, 1.165) is 47.8 Å². The van der Waals surface area contributed by atoms with Crippen molar-refractivity contribution in [3.05, 3.63) is 41.6 Å². The van der Waals surface area contributed by atoms with E-state index in [1.165, 1.54) is 72.7 Å². The molecule has 4 rings (SSSR count). The van der Waals surface area contributed by atoms with Crippen LogP contribution in [0.2, 0.25) is 0 Å². The Morgan fingerprint density at radius 2 is 1.45 bits per heavy atom. The summed E-state index contributed by atoms with van der Waals surface area (Å²) in [6, 6.07) is 8.65. The fraction of sp³-hybridized carbons (Fsp3) is 0.531. The molecular formula is C32H44ClNO4. The van der Waals surface area contributed by atoms with Crippen LogP contribution in [0, 0.1) is 0 Å². The highest BCUT2D eigenvalue weighted by Crippen LogP contribution is 2.43. The highest BCUT2D eigenvalue weighted by molar-refractivity contribution is 5.95. The Morgan fingerprint density at radius 3 is 2.11 bits per heavy atom. The number of aryl methyl sites for hydroxylation is 3. The molecule has 0 spiro atoms. The van der Waals surface area contributed by atoms with Gasteiger partial charge in [0, 0.05) is 17.4 Å². The Balaban J connectivity index is 0.00000400. The zero-order valence-corrected chi connectivity index (χ0v) is 24.6. The van der Waals surface area contributed by atoms with Crippen molar-refractivity contribution >= 4 is 10.8 Å². The second-order valence-corrected chi connectivity index (χ2v) is 9.86. The van der Waals surface area contributed by atoms with Gasteiger partial charge in [-0.05, 0) is 56.5 Å². The van der Waals surface area contributed by atoms with Gasteiger partial charge in [0.25, 0.3) is 0 Å². The number of hydrogen-bond acceptors (Lipinski definition) is 4. The van der Waals surface area contributed by atoms with Crippen molar-refractivity contribution in [3.8, 4) is 34.3 Å². The summed E-state index contributed by atoms with van der Waals surface area (Å²) in [5.41, 5.74) is 5.27. The number of aromatic nitrogens is 1. The summed E-state index contributed by atoms with van der Waals surface area (Å²) < 4.78 is 25.9. The standard InChI is InChI=1S/C32H44NO4.ClH/c1-6-9-10-11-12-13-14-15-25-24-16-17-28(34-4)32(35-5)27(24)22-33-19-18-23-20-29(36-7-2)30(37-8-3)21-26(23)31(25)33;/h16-17,20-22H,6-15,18-19H2,1-5H3;1H/q+1;/p-1. The molecule has 0 N–H and O–H groups in total. The quantitative estimate of drug-likeness (QED) is 0.223. The monoisotopic (exact) mass is 541 g/mol. The number of hydrogen-bond donors (Lipinski definition) is 0. The van der Waals surface area contributed by atoms with Crippen molar-refractivity contribution in [1.82, 2.24) is 0 Å². The summed E-state index contributed by atoms with van der Waals surface area (Å²) >= 11 is 0. The number of methoxy groups -OCH3 is 2. The van der Waals surface area contributed by atoms with Crippen LogP contribution in [0.3, 0.4) is 0 Å². The van der Waals surface area contributed by atoms with Gasteiger partial charge >= 0.3 is 0 Å². The summed E-state index contributed by atoms with van der Waals surface area (Å²) in [4.78, 5) is 0. The van der Waals surface area contributed by atoms with Gasteiger partial charge in [-0.25, -0.2) is 0 Å². The molecule has 0 aliphatic carbocycles. The molecule has 208 valence electrons. The zero-order chi connectivity index (χ0) is 26.2. The van der Waals surface area contributed by atoms with Gasteiger partial charge in [0.05, 0.1) is 38.4 Å². The van der Waals surface area contributed by atoms with E-state index < -0.39 is 0 Å². The number of pyridine rings is 1.